The first kappa shape index (κ1) is 27.6. The highest BCUT2D eigenvalue weighted by atomic mass is 19.3. The van der Waals surface area contributed by atoms with Crippen molar-refractivity contribution in [3.8, 4) is 17.1 Å². The van der Waals surface area contributed by atoms with E-state index in [1.54, 1.807) is 19.3 Å². The zero-order chi connectivity index (χ0) is 28.3. The van der Waals surface area contributed by atoms with Crippen molar-refractivity contribution in [2.24, 2.45) is 7.05 Å². The fourth-order valence-electron chi connectivity index (χ4n) is 4.09. The Morgan fingerprint density at radius 3 is 2.56 bits per heavy atom. The van der Waals surface area contributed by atoms with Gasteiger partial charge in [0, 0.05) is 62.8 Å². The average molecular weight is 543 g/mol. The third-order valence-corrected chi connectivity index (χ3v) is 5.93. The van der Waals surface area contributed by atoms with E-state index < -0.39 is 12.4 Å². The number of hydrogen-bond acceptors (Lipinski definition) is 8. The molecule has 4 aromatic rings. The van der Waals surface area contributed by atoms with Crippen molar-refractivity contribution in [2.45, 2.75) is 13.5 Å². The molecule has 0 unspecified atom stereocenters. The molecule has 0 aliphatic rings. The Balaban J connectivity index is 1.75. The highest BCUT2D eigenvalue weighted by Crippen LogP contribution is 2.39. The Labute approximate surface area is 223 Å². The number of benzene rings is 2. The minimum Gasteiger partial charge on any atom is -0.433 e. The summed E-state index contributed by atoms with van der Waals surface area (Å²) < 4.78 is 47.4. The molecule has 0 bridgehead atoms. The molecular weight excluding hydrogens is 513 g/mol. The van der Waals surface area contributed by atoms with Gasteiger partial charge in [-0.2, -0.15) is 13.8 Å². The van der Waals surface area contributed by atoms with Crippen LogP contribution in [0.2, 0.25) is 0 Å². The predicted molar refractivity (Wildman–Crippen MR) is 144 cm³/mol. The van der Waals surface area contributed by atoms with E-state index in [2.05, 4.69) is 25.6 Å². The third kappa shape index (κ3) is 6.55. The SMILES string of the molecule is CC(=O)Nc1cc(Nc2ncnc(-c3cn(C)c4ccc(F)cc34)n2)c(OC(F)F)cc1N(C)CCN(C)C. The number of carbonyl (C=O) groups excluding carboxylic acids is 1. The predicted octanol–water partition coefficient (Wildman–Crippen LogP) is 4.47. The van der Waals surface area contributed by atoms with Crippen LogP contribution >= 0.6 is 0 Å². The first-order valence-corrected chi connectivity index (χ1v) is 12.0. The van der Waals surface area contributed by atoms with Gasteiger partial charge in [0.25, 0.3) is 0 Å². The number of carbonyl (C=O) groups is 1. The van der Waals surface area contributed by atoms with Gasteiger partial charge in [-0.3, -0.25) is 4.79 Å². The first-order chi connectivity index (χ1) is 18.5. The smallest absolute Gasteiger partial charge is 0.387 e. The summed E-state index contributed by atoms with van der Waals surface area (Å²) >= 11 is 0. The number of ether oxygens (including phenoxy) is 1. The monoisotopic (exact) mass is 542 g/mol. The molecule has 4 rings (SSSR count). The fourth-order valence-corrected chi connectivity index (χ4v) is 4.09. The fraction of sp³-hybridized carbons (Fsp3) is 0.308. The van der Waals surface area contributed by atoms with E-state index in [4.69, 9.17) is 4.74 Å². The maximum atomic E-state index is 14.0. The minimum atomic E-state index is -3.10. The van der Waals surface area contributed by atoms with E-state index in [1.165, 1.54) is 37.5 Å². The van der Waals surface area contributed by atoms with E-state index in [0.29, 0.717) is 35.4 Å². The van der Waals surface area contributed by atoms with Gasteiger partial charge < -0.3 is 29.7 Å². The number of anilines is 4. The number of aryl methyl sites for hydroxylation is 1. The van der Waals surface area contributed by atoms with Crippen LogP contribution in [-0.2, 0) is 11.8 Å². The molecule has 39 heavy (non-hydrogen) atoms. The van der Waals surface area contributed by atoms with Crippen molar-refractivity contribution < 1.29 is 22.7 Å². The molecule has 0 saturated carbocycles. The Bertz CT molecular complexity index is 1490. The van der Waals surface area contributed by atoms with E-state index in [1.807, 2.05) is 35.5 Å². The molecule has 13 heteroatoms. The molecule has 10 nitrogen and oxygen atoms in total. The lowest BCUT2D eigenvalue weighted by Crippen LogP contribution is -2.29. The molecule has 0 fully saturated rings. The molecule has 0 aliphatic carbocycles. The van der Waals surface area contributed by atoms with Crippen LogP contribution in [0.1, 0.15) is 6.92 Å². The van der Waals surface area contributed by atoms with Gasteiger partial charge in [-0.25, -0.2) is 14.4 Å². The van der Waals surface area contributed by atoms with Crippen molar-refractivity contribution >= 4 is 39.8 Å². The molecule has 206 valence electrons. The minimum absolute atomic E-state index is 0.0370. The van der Waals surface area contributed by atoms with E-state index in [-0.39, 0.29) is 29.1 Å². The summed E-state index contributed by atoms with van der Waals surface area (Å²) in [6, 6.07) is 7.32. The van der Waals surface area contributed by atoms with Gasteiger partial charge in [-0.05, 0) is 38.4 Å². The summed E-state index contributed by atoms with van der Waals surface area (Å²) in [5.74, 6) is -0.620. The van der Waals surface area contributed by atoms with Crippen molar-refractivity contribution in [3.63, 3.8) is 0 Å². The van der Waals surface area contributed by atoms with Crippen LogP contribution in [0.25, 0.3) is 22.3 Å². The summed E-state index contributed by atoms with van der Waals surface area (Å²) in [4.78, 5) is 28.5. The highest BCUT2D eigenvalue weighted by molar-refractivity contribution is 5.96. The van der Waals surface area contributed by atoms with Gasteiger partial charge in [0.05, 0.1) is 17.1 Å². The number of amides is 1. The summed E-state index contributed by atoms with van der Waals surface area (Å²) in [6.45, 7) is -0.502. The molecule has 2 N–H and O–H groups in total. The molecule has 1 amide bonds. The van der Waals surface area contributed by atoms with Gasteiger partial charge in [0.15, 0.2) is 11.6 Å². The normalized spacial score (nSPS) is 11.3. The summed E-state index contributed by atoms with van der Waals surface area (Å²) in [7, 11) is 7.44. The second kappa shape index (κ2) is 11.6. The molecule has 2 aromatic carbocycles. The summed E-state index contributed by atoms with van der Waals surface area (Å²) in [5.41, 5.74) is 2.32. The Morgan fingerprint density at radius 2 is 1.87 bits per heavy atom. The van der Waals surface area contributed by atoms with Crippen LogP contribution in [0.5, 0.6) is 5.75 Å². The molecule has 0 atom stereocenters. The number of halogens is 3. The topological polar surface area (TPSA) is 100 Å². The second-order valence-corrected chi connectivity index (χ2v) is 9.22. The quantitative estimate of drug-likeness (QED) is 0.303. The lowest BCUT2D eigenvalue weighted by Gasteiger charge is -2.26. The van der Waals surface area contributed by atoms with Crippen molar-refractivity contribution in [3.05, 3.63) is 48.7 Å². The Hall–Kier alpha value is -4.39. The van der Waals surface area contributed by atoms with Gasteiger partial charge in [-0.15, -0.1) is 0 Å². The van der Waals surface area contributed by atoms with Gasteiger partial charge in [0.2, 0.25) is 11.9 Å². The van der Waals surface area contributed by atoms with Crippen LogP contribution in [0.3, 0.4) is 0 Å². The van der Waals surface area contributed by atoms with Crippen LogP contribution in [0, 0.1) is 5.82 Å². The van der Waals surface area contributed by atoms with Gasteiger partial charge >= 0.3 is 6.61 Å². The molecule has 0 saturated heterocycles. The van der Waals surface area contributed by atoms with Crippen molar-refractivity contribution in [1.82, 2.24) is 24.4 Å². The third-order valence-electron chi connectivity index (χ3n) is 5.93. The van der Waals surface area contributed by atoms with E-state index in [9.17, 15) is 18.0 Å². The Morgan fingerprint density at radius 1 is 1.10 bits per heavy atom. The van der Waals surface area contributed by atoms with Crippen LogP contribution < -0.4 is 20.3 Å². The number of nitrogens with zero attached hydrogens (tertiary/aromatic N) is 6. The maximum Gasteiger partial charge on any atom is 0.387 e. The van der Waals surface area contributed by atoms with Crippen LogP contribution in [0.15, 0.2) is 42.9 Å². The number of likely N-dealkylation sites (N-methyl/N-ethyl adjacent to an activating group) is 2. The van der Waals surface area contributed by atoms with Gasteiger partial charge in [-0.1, -0.05) is 0 Å². The summed E-state index contributed by atoms with van der Waals surface area (Å²) in [5, 5.41) is 6.26. The first-order valence-electron chi connectivity index (χ1n) is 12.0. The zero-order valence-corrected chi connectivity index (χ0v) is 22.2. The molecular formula is C26H29F3N8O2. The van der Waals surface area contributed by atoms with Crippen molar-refractivity contribution in [1.29, 1.82) is 0 Å². The maximum absolute atomic E-state index is 14.0. The molecule has 2 heterocycles. The van der Waals surface area contributed by atoms with E-state index >= 15 is 0 Å². The lowest BCUT2D eigenvalue weighted by molar-refractivity contribution is -0.114. The average Bonchev–Trinajstić information content (AvgIpc) is 3.19. The number of fused-ring (bicyclic) bond motifs is 1. The molecule has 0 radical (unpaired) electrons. The largest absolute Gasteiger partial charge is 0.433 e. The number of nitrogens with one attached hydrogen (secondary N) is 2. The number of hydrogen-bond donors (Lipinski definition) is 2. The standard InChI is InChI=1S/C26H29F3N8O2/c1-15(38)32-19-11-20(23(39-25(28)29)12-22(19)36(4)9-8-35(2)3)33-26-31-14-30-24(34-26)18-13-37(5)21-7-6-16(27)10-17(18)21/h6-7,10-14,25H,8-9H2,1-5H3,(H,32,38)(H,30,31,33,34). The molecule has 0 spiro atoms. The van der Waals surface area contributed by atoms with Crippen molar-refractivity contribution in [2.75, 3.05) is 49.8 Å². The van der Waals surface area contributed by atoms with Gasteiger partial charge in [0.1, 0.15) is 12.1 Å². The lowest BCUT2D eigenvalue weighted by atomic mass is 10.1. The number of alkyl halides is 2. The summed E-state index contributed by atoms with van der Waals surface area (Å²) in [6.07, 6.45) is 3.02. The second-order valence-electron chi connectivity index (χ2n) is 9.22. The zero-order valence-electron chi connectivity index (χ0n) is 22.2. The number of aromatic nitrogens is 4. The Kier molecular flexibility index (Phi) is 8.19. The van der Waals surface area contributed by atoms with Crippen LogP contribution in [0.4, 0.5) is 36.2 Å². The number of rotatable bonds is 10. The molecule has 0 aliphatic heterocycles. The highest BCUT2D eigenvalue weighted by Gasteiger charge is 2.20. The van der Waals surface area contributed by atoms with Crippen LogP contribution in [-0.4, -0.2) is 71.2 Å². The van der Waals surface area contributed by atoms with E-state index in [0.717, 1.165) is 5.52 Å². The molecule has 2 aromatic heterocycles.